The molecule has 3 aromatic rings. The largest absolute Gasteiger partial charge is 0.497 e. The van der Waals surface area contributed by atoms with Crippen LogP contribution in [0.4, 0.5) is 0 Å². The number of ether oxygens (including phenoxy) is 2. The van der Waals surface area contributed by atoms with Gasteiger partial charge in [-0.15, -0.1) is 0 Å². The van der Waals surface area contributed by atoms with Crippen molar-refractivity contribution in [3.8, 4) is 5.75 Å². The number of methoxy groups -OCH3 is 1. The molecule has 0 saturated carbocycles. The van der Waals surface area contributed by atoms with Crippen molar-refractivity contribution in [3.63, 3.8) is 0 Å². The molecule has 2 aliphatic heterocycles. The van der Waals surface area contributed by atoms with E-state index >= 15 is 0 Å². The number of benzene rings is 1. The average molecular weight is 450 g/mol. The Kier molecular flexibility index (Phi) is 5.63. The van der Waals surface area contributed by atoms with Gasteiger partial charge in [0, 0.05) is 44.9 Å². The first-order chi connectivity index (χ1) is 16.1. The van der Waals surface area contributed by atoms with Crippen molar-refractivity contribution in [2.45, 2.75) is 37.6 Å². The number of amides is 2. The molecule has 2 aliphatic rings. The van der Waals surface area contributed by atoms with Crippen LogP contribution in [-0.2, 0) is 28.2 Å². The van der Waals surface area contributed by atoms with Crippen LogP contribution in [0.2, 0.25) is 0 Å². The highest BCUT2D eigenvalue weighted by molar-refractivity contribution is 5.93. The predicted molar refractivity (Wildman–Crippen MR) is 117 cm³/mol. The number of piperidine rings is 1. The highest BCUT2D eigenvalue weighted by Crippen LogP contribution is 2.40. The molecule has 0 bridgehead atoms. The summed E-state index contributed by atoms with van der Waals surface area (Å²) in [6.07, 6.45) is 7.06. The van der Waals surface area contributed by atoms with Crippen LogP contribution in [-0.4, -0.2) is 52.6 Å². The van der Waals surface area contributed by atoms with Crippen molar-refractivity contribution in [2.75, 3.05) is 20.2 Å². The topological polar surface area (TPSA) is 98.8 Å². The Hall–Kier alpha value is -3.59. The zero-order valence-corrected chi connectivity index (χ0v) is 18.4. The van der Waals surface area contributed by atoms with Gasteiger partial charge in [0.15, 0.2) is 6.10 Å². The van der Waals surface area contributed by atoms with Gasteiger partial charge in [0.1, 0.15) is 23.4 Å². The Labute approximate surface area is 191 Å². The number of carbonyl (C=O) groups is 2. The predicted octanol–water partition coefficient (Wildman–Crippen LogP) is 2.33. The van der Waals surface area contributed by atoms with Gasteiger partial charge in [0.25, 0.3) is 11.8 Å². The lowest BCUT2D eigenvalue weighted by molar-refractivity contribution is -0.172. The first kappa shape index (κ1) is 21.3. The number of fused-ring (bicyclic) bond motifs is 2. The van der Waals surface area contributed by atoms with Gasteiger partial charge in [-0.25, -0.2) is 4.98 Å². The Balaban J connectivity index is 1.26. The molecule has 1 spiro atoms. The van der Waals surface area contributed by atoms with Crippen LogP contribution in [0.25, 0.3) is 0 Å². The maximum absolute atomic E-state index is 13.0. The molecule has 1 aromatic carbocycles. The fraction of sp³-hybridized carbons (Fsp3) is 0.375. The molecule has 1 atom stereocenters. The Morgan fingerprint density at radius 3 is 2.70 bits per heavy atom. The zero-order chi connectivity index (χ0) is 22.8. The van der Waals surface area contributed by atoms with E-state index < -0.39 is 11.7 Å². The zero-order valence-electron chi connectivity index (χ0n) is 18.4. The molecule has 1 N–H and O–H groups in total. The van der Waals surface area contributed by atoms with Crippen LogP contribution in [0.5, 0.6) is 5.75 Å². The van der Waals surface area contributed by atoms with Gasteiger partial charge in [-0.1, -0.05) is 12.1 Å². The van der Waals surface area contributed by atoms with E-state index in [1.165, 1.54) is 12.5 Å². The first-order valence-corrected chi connectivity index (χ1v) is 11.0. The lowest BCUT2D eigenvalue weighted by Crippen LogP contribution is -2.54. The standard InChI is InChI=1S/C24H26N4O5/c1-31-19-4-2-17(3-5-19)14-26-21(29)20-15-28-12-9-25-23(28)24(33-20)7-10-27(11-8-24)22(30)18-6-13-32-16-18/h2-6,9,12-13,16,20H,7-8,10-11,14-15H2,1H3,(H,26,29)/t20-/m1/s1. The molecule has 4 heterocycles. The summed E-state index contributed by atoms with van der Waals surface area (Å²) in [5.74, 6) is 1.36. The Bertz CT molecular complexity index is 1110. The van der Waals surface area contributed by atoms with Gasteiger partial charge < -0.3 is 28.7 Å². The van der Waals surface area contributed by atoms with Crippen molar-refractivity contribution in [1.82, 2.24) is 19.8 Å². The second-order valence-corrected chi connectivity index (χ2v) is 8.37. The SMILES string of the molecule is COc1ccc(CNC(=O)[C@H]2Cn3ccnc3C3(CCN(C(=O)c4ccoc4)CC3)O2)cc1. The van der Waals surface area contributed by atoms with Gasteiger partial charge in [-0.2, -0.15) is 0 Å². The number of imidazole rings is 1. The lowest BCUT2D eigenvalue weighted by atomic mass is 9.88. The molecule has 0 radical (unpaired) electrons. The summed E-state index contributed by atoms with van der Waals surface area (Å²) in [6, 6.07) is 9.24. The second-order valence-electron chi connectivity index (χ2n) is 8.37. The van der Waals surface area contributed by atoms with Gasteiger partial charge in [0.2, 0.25) is 0 Å². The van der Waals surface area contributed by atoms with Crippen molar-refractivity contribution in [3.05, 3.63) is 72.2 Å². The number of hydrogen-bond acceptors (Lipinski definition) is 6. The number of likely N-dealkylation sites (tertiary alicyclic amines) is 1. The van der Waals surface area contributed by atoms with Crippen LogP contribution in [0.3, 0.4) is 0 Å². The number of hydrogen-bond donors (Lipinski definition) is 1. The van der Waals surface area contributed by atoms with Crippen LogP contribution in [0, 0.1) is 0 Å². The van der Waals surface area contributed by atoms with Gasteiger partial charge in [-0.05, 0) is 23.8 Å². The lowest BCUT2D eigenvalue weighted by Gasteiger charge is -2.45. The maximum Gasteiger partial charge on any atom is 0.257 e. The summed E-state index contributed by atoms with van der Waals surface area (Å²) in [4.78, 5) is 32.0. The summed E-state index contributed by atoms with van der Waals surface area (Å²) in [5, 5.41) is 2.98. The molecule has 0 aliphatic carbocycles. The van der Waals surface area contributed by atoms with E-state index in [1.54, 1.807) is 24.3 Å². The van der Waals surface area contributed by atoms with Crippen LogP contribution in [0.15, 0.2) is 59.7 Å². The van der Waals surface area contributed by atoms with Gasteiger partial charge in [-0.3, -0.25) is 9.59 Å². The van der Waals surface area contributed by atoms with Crippen molar-refractivity contribution in [1.29, 1.82) is 0 Å². The first-order valence-electron chi connectivity index (χ1n) is 11.0. The van der Waals surface area contributed by atoms with Crippen molar-refractivity contribution >= 4 is 11.8 Å². The van der Waals surface area contributed by atoms with Crippen LogP contribution in [0.1, 0.15) is 34.6 Å². The molecule has 9 heteroatoms. The van der Waals surface area contributed by atoms with Crippen molar-refractivity contribution < 1.29 is 23.5 Å². The molecule has 9 nitrogen and oxygen atoms in total. The summed E-state index contributed by atoms with van der Waals surface area (Å²) < 4.78 is 18.6. The van der Waals surface area contributed by atoms with Crippen LogP contribution >= 0.6 is 0 Å². The Morgan fingerprint density at radius 2 is 2.00 bits per heavy atom. The minimum absolute atomic E-state index is 0.0634. The van der Waals surface area contributed by atoms with Gasteiger partial charge >= 0.3 is 0 Å². The molecule has 1 fully saturated rings. The minimum atomic E-state index is -0.697. The highest BCUT2D eigenvalue weighted by Gasteiger charge is 2.47. The van der Waals surface area contributed by atoms with E-state index in [9.17, 15) is 9.59 Å². The number of nitrogens with one attached hydrogen (secondary N) is 1. The average Bonchev–Trinajstić information content (AvgIpc) is 3.56. The molecule has 33 heavy (non-hydrogen) atoms. The molecule has 1 saturated heterocycles. The van der Waals surface area contributed by atoms with E-state index in [0.29, 0.717) is 44.6 Å². The van der Waals surface area contributed by atoms with E-state index in [4.69, 9.17) is 13.9 Å². The monoisotopic (exact) mass is 450 g/mol. The van der Waals surface area contributed by atoms with E-state index in [2.05, 4.69) is 10.3 Å². The number of nitrogens with zero attached hydrogens (tertiary/aromatic N) is 3. The third-order valence-electron chi connectivity index (χ3n) is 6.40. The third kappa shape index (κ3) is 4.11. The molecule has 2 aromatic heterocycles. The quantitative estimate of drug-likeness (QED) is 0.641. The summed E-state index contributed by atoms with van der Waals surface area (Å²) in [7, 11) is 1.62. The smallest absolute Gasteiger partial charge is 0.257 e. The molecular weight excluding hydrogens is 424 g/mol. The summed E-state index contributed by atoms with van der Waals surface area (Å²) >= 11 is 0. The molecule has 5 rings (SSSR count). The molecule has 0 unspecified atom stereocenters. The van der Waals surface area contributed by atoms with E-state index in [0.717, 1.165) is 17.1 Å². The number of furan rings is 1. The maximum atomic E-state index is 13.0. The Morgan fingerprint density at radius 1 is 1.21 bits per heavy atom. The molecular formula is C24H26N4O5. The summed E-state index contributed by atoms with van der Waals surface area (Å²) in [5.41, 5.74) is 0.814. The normalized spacial score (nSPS) is 19.2. The fourth-order valence-electron chi connectivity index (χ4n) is 4.56. The van der Waals surface area contributed by atoms with Crippen LogP contribution < -0.4 is 10.1 Å². The molecule has 2 amide bonds. The second kappa shape index (κ2) is 8.74. The molecule has 172 valence electrons. The van der Waals surface area contributed by atoms with E-state index in [-0.39, 0.29) is 11.8 Å². The number of rotatable bonds is 5. The number of carbonyl (C=O) groups excluding carboxylic acids is 2. The minimum Gasteiger partial charge on any atom is -0.497 e. The van der Waals surface area contributed by atoms with Gasteiger partial charge in [0.05, 0.1) is 25.5 Å². The third-order valence-corrected chi connectivity index (χ3v) is 6.40. The highest BCUT2D eigenvalue weighted by atomic mass is 16.5. The summed E-state index contributed by atoms with van der Waals surface area (Å²) in [6.45, 7) is 1.83. The van der Waals surface area contributed by atoms with E-state index in [1.807, 2.05) is 35.0 Å². The number of aromatic nitrogens is 2. The fourth-order valence-corrected chi connectivity index (χ4v) is 4.56. The van der Waals surface area contributed by atoms with Crippen molar-refractivity contribution in [2.24, 2.45) is 0 Å².